The van der Waals surface area contributed by atoms with E-state index in [4.69, 9.17) is 15.0 Å². The second-order valence-electron chi connectivity index (χ2n) is 14.3. The number of nitrogens with zero attached hydrogens (tertiary/aromatic N) is 3. The lowest BCUT2D eigenvalue weighted by Gasteiger charge is -2.30. The smallest absolute Gasteiger partial charge is 0.164 e. The van der Waals surface area contributed by atoms with Crippen LogP contribution >= 0.6 is 0 Å². The molecule has 3 nitrogen and oxygen atoms in total. The van der Waals surface area contributed by atoms with Crippen molar-refractivity contribution in [1.82, 2.24) is 15.0 Å². The molecule has 0 saturated heterocycles. The Labute approximate surface area is 320 Å². The van der Waals surface area contributed by atoms with Crippen molar-refractivity contribution >= 4 is 0 Å². The standard InChI is InChI=1S/C52H33N3/c1-3-13-37(14-4-1)49-53-50(38-15-5-2-6-16-38)55-51(54-49)39-29-27-35(28-30-39)34-23-25-36(26-24-34)40-31-32-48-44(33-40)43-19-9-12-22-47(43)52(48)45-20-10-7-17-41(45)42-18-8-11-21-46(42)52/h1-33H. The van der Waals surface area contributed by atoms with Crippen molar-refractivity contribution in [2.24, 2.45) is 0 Å². The fraction of sp³-hybridized carbons (Fsp3) is 0.0192. The Morgan fingerprint density at radius 1 is 0.236 bits per heavy atom. The second kappa shape index (κ2) is 12.4. The molecule has 0 aliphatic heterocycles. The number of aromatic nitrogens is 3. The average Bonchev–Trinajstić information content (AvgIpc) is 3.74. The zero-order chi connectivity index (χ0) is 36.3. The zero-order valence-electron chi connectivity index (χ0n) is 29.9. The number of hydrogen-bond donors (Lipinski definition) is 0. The van der Waals surface area contributed by atoms with Gasteiger partial charge >= 0.3 is 0 Å². The Morgan fingerprint density at radius 2 is 0.545 bits per heavy atom. The first-order valence-electron chi connectivity index (χ1n) is 18.8. The number of rotatable bonds is 5. The molecule has 0 amide bonds. The van der Waals surface area contributed by atoms with Crippen LogP contribution in [0.1, 0.15) is 22.3 Å². The summed E-state index contributed by atoms with van der Waals surface area (Å²) in [6.07, 6.45) is 0. The Bertz CT molecular complexity index is 2790. The van der Waals surface area contributed by atoms with Crippen LogP contribution in [0, 0.1) is 0 Å². The molecule has 0 unspecified atom stereocenters. The molecule has 11 rings (SSSR count). The van der Waals surface area contributed by atoms with Gasteiger partial charge in [-0.05, 0) is 72.8 Å². The normalized spacial score (nSPS) is 12.9. The summed E-state index contributed by atoms with van der Waals surface area (Å²) in [6, 6.07) is 71.6. The highest BCUT2D eigenvalue weighted by molar-refractivity contribution is 5.96. The van der Waals surface area contributed by atoms with Gasteiger partial charge < -0.3 is 0 Å². The zero-order valence-corrected chi connectivity index (χ0v) is 29.9. The van der Waals surface area contributed by atoms with Gasteiger partial charge in [0.05, 0.1) is 5.41 Å². The minimum absolute atomic E-state index is 0.318. The summed E-state index contributed by atoms with van der Waals surface area (Å²) in [5.74, 6) is 1.97. The summed E-state index contributed by atoms with van der Waals surface area (Å²) in [4.78, 5) is 14.7. The molecule has 0 radical (unpaired) electrons. The Kier molecular flexibility index (Phi) is 7.08. The minimum Gasteiger partial charge on any atom is -0.208 e. The fourth-order valence-electron chi connectivity index (χ4n) is 8.88. The first-order chi connectivity index (χ1) is 27.3. The van der Waals surface area contributed by atoms with E-state index in [1.807, 2.05) is 60.7 Å². The average molecular weight is 700 g/mol. The fourth-order valence-corrected chi connectivity index (χ4v) is 8.88. The van der Waals surface area contributed by atoms with Gasteiger partial charge in [-0.3, -0.25) is 0 Å². The number of benzene rings is 8. The molecule has 1 aromatic heterocycles. The van der Waals surface area contributed by atoms with Gasteiger partial charge in [-0.15, -0.1) is 0 Å². The maximum Gasteiger partial charge on any atom is 0.164 e. The van der Waals surface area contributed by atoms with Crippen molar-refractivity contribution in [3.63, 3.8) is 0 Å². The molecule has 1 heterocycles. The van der Waals surface area contributed by atoms with E-state index < -0.39 is 0 Å². The van der Waals surface area contributed by atoms with Crippen LogP contribution < -0.4 is 0 Å². The van der Waals surface area contributed by atoms with E-state index in [1.54, 1.807) is 0 Å². The monoisotopic (exact) mass is 699 g/mol. The highest BCUT2D eigenvalue weighted by atomic mass is 15.0. The van der Waals surface area contributed by atoms with Gasteiger partial charge in [0, 0.05) is 16.7 Å². The predicted octanol–water partition coefficient (Wildman–Crippen LogP) is 12.6. The first kappa shape index (κ1) is 31.3. The van der Waals surface area contributed by atoms with Gasteiger partial charge in [0.1, 0.15) is 0 Å². The first-order valence-corrected chi connectivity index (χ1v) is 18.8. The van der Waals surface area contributed by atoms with Crippen LogP contribution in [0.3, 0.4) is 0 Å². The predicted molar refractivity (Wildman–Crippen MR) is 223 cm³/mol. The number of hydrogen-bond acceptors (Lipinski definition) is 3. The third-order valence-electron chi connectivity index (χ3n) is 11.4. The van der Waals surface area contributed by atoms with E-state index >= 15 is 0 Å². The van der Waals surface area contributed by atoms with Crippen LogP contribution in [0.5, 0.6) is 0 Å². The van der Waals surface area contributed by atoms with Crippen LogP contribution in [0.4, 0.5) is 0 Å². The van der Waals surface area contributed by atoms with Crippen molar-refractivity contribution < 1.29 is 0 Å². The molecular weight excluding hydrogens is 667 g/mol. The van der Waals surface area contributed by atoms with Gasteiger partial charge in [-0.1, -0.05) is 194 Å². The molecule has 0 N–H and O–H groups in total. The van der Waals surface area contributed by atoms with Gasteiger partial charge in [-0.2, -0.15) is 0 Å². The molecule has 2 aliphatic rings. The Balaban J connectivity index is 0.932. The molecular formula is C52H33N3. The molecule has 0 atom stereocenters. The van der Waals surface area contributed by atoms with E-state index in [0.29, 0.717) is 17.5 Å². The lowest BCUT2D eigenvalue weighted by atomic mass is 9.70. The molecule has 2 aliphatic carbocycles. The summed E-state index contributed by atoms with van der Waals surface area (Å²) in [5.41, 5.74) is 18.0. The van der Waals surface area contributed by atoms with E-state index in [-0.39, 0.29) is 5.41 Å². The van der Waals surface area contributed by atoms with Crippen LogP contribution in [-0.2, 0) is 5.41 Å². The van der Waals surface area contributed by atoms with Crippen LogP contribution in [-0.4, -0.2) is 15.0 Å². The van der Waals surface area contributed by atoms with E-state index in [1.165, 1.54) is 55.6 Å². The maximum absolute atomic E-state index is 4.91. The summed E-state index contributed by atoms with van der Waals surface area (Å²) >= 11 is 0. The second-order valence-corrected chi connectivity index (χ2v) is 14.3. The summed E-state index contributed by atoms with van der Waals surface area (Å²) in [5, 5.41) is 0. The summed E-state index contributed by atoms with van der Waals surface area (Å²) < 4.78 is 0. The van der Waals surface area contributed by atoms with Crippen molar-refractivity contribution in [3.05, 3.63) is 222 Å². The lowest BCUT2D eigenvalue weighted by molar-refractivity contribution is 0.794. The number of fused-ring (bicyclic) bond motifs is 10. The van der Waals surface area contributed by atoms with Crippen molar-refractivity contribution in [2.45, 2.75) is 5.41 Å². The van der Waals surface area contributed by atoms with Crippen molar-refractivity contribution in [3.8, 4) is 78.7 Å². The largest absolute Gasteiger partial charge is 0.208 e. The molecule has 0 saturated carbocycles. The van der Waals surface area contributed by atoms with Gasteiger partial charge in [-0.25, -0.2) is 15.0 Å². The van der Waals surface area contributed by atoms with E-state index in [2.05, 4.69) is 140 Å². The van der Waals surface area contributed by atoms with Crippen LogP contribution in [0.2, 0.25) is 0 Å². The van der Waals surface area contributed by atoms with Gasteiger partial charge in [0.2, 0.25) is 0 Å². The van der Waals surface area contributed by atoms with Crippen molar-refractivity contribution in [1.29, 1.82) is 0 Å². The van der Waals surface area contributed by atoms with Crippen LogP contribution in [0.15, 0.2) is 200 Å². The Morgan fingerprint density at radius 3 is 1.00 bits per heavy atom. The molecule has 8 aromatic carbocycles. The topological polar surface area (TPSA) is 38.7 Å². The van der Waals surface area contributed by atoms with Crippen LogP contribution in [0.25, 0.3) is 78.7 Å². The van der Waals surface area contributed by atoms with E-state index in [9.17, 15) is 0 Å². The summed E-state index contributed by atoms with van der Waals surface area (Å²) in [7, 11) is 0. The maximum atomic E-state index is 4.91. The molecule has 55 heavy (non-hydrogen) atoms. The highest BCUT2D eigenvalue weighted by Gasteiger charge is 2.51. The Hall–Kier alpha value is -7.23. The third-order valence-corrected chi connectivity index (χ3v) is 11.4. The SMILES string of the molecule is c1ccc(-c2nc(-c3ccccc3)nc(-c3ccc(-c4ccc(-c5ccc6c(c5)-c5ccccc5C65c6ccccc6-c6ccccc65)cc4)cc3)n2)cc1. The highest BCUT2D eigenvalue weighted by Crippen LogP contribution is 2.62. The van der Waals surface area contributed by atoms with Gasteiger partial charge in [0.15, 0.2) is 17.5 Å². The van der Waals surface area contributed by atoms with Crippen molar-refractivity contribution in [2.75, 3.05) is 0 Å². The van der Waals surface area contributed by atoms with Gasteiger partial charge in [0.25, 0.3) is 0 Å². The molecule has 3 heteroatoms. The molecule has 0 fully saturated rings. The van der Waals surface area contributed by atoms with E-state index in [0.717, 1.165) is 27.8 Å². The lowest BCUT2D eigenvalue weighted by Crippen LogP contribution is -2.25. The minimum atomic E-state index is -0.318. The molecule has 0 bridgehead atoms. The molecule has 9 aromatic rings. The molecule has 256 valence electrons. The summed E-state index contributed by atoms with van der Waals surface area (Å²) in [6.45, 7) is 0. The quantitative estimate of drug-likeness (QED) is 0.179. The molecule has 1 spiro atoms. The third kappa shape index (κ3) is 4.87.